The van der Waals surface area contributed by atoms with E-state index in [0.29, 0.717) is 0 Å². The molecule has 17 heavy (non-hydrogen) atoms. The largest absolute Gasteiger partial charge is 0.298 e. The first kappa shape index (κ1) is 12.0. The molecule has 0 bridgehead atoms. The zero-order chi connectivity index (χ0) is 11.7. The van der Waals surface area contributed by atoms with Crippen molar-refractivity contribution in [3.63, 3.8) is 0 Å². The fourth-order valence-electron chi connectivity index (χ4n) is 3.94. The van der Waals surface area contributed by atoms with E-state index in [1.807, 2.05) is 0 Å². The molecule has 0 radical (unpaired) electrons. The van der Waals surface area contributed by atoms with Crippen LogP contribution in [0.5, 0.6) is 0 Å². The molecule has 1 aliphatic carbocycles. The smallest absolute Gasteiger partial charge is 0.0224 e. The Kier molecular flexibility index (Phi) is 3.72. The van der Waals surface area contributed by atoms with Gasteiger partial charge in [0.05, 0.1) is 0 Å². The SMILES string of the molecule is CCC1CN2CCCC2CN1CCC1CCC1. The molecule has 2 nitrogen and oxygen atoms in total. The molecule has 3 rings (SSSR count). The average molecular weight is 236 g/mol. The Hall–Kier alpha value is -0.0800. The van der Waals surface area contributed by atoms with Gasteiger partial charge >= 0.3 is 0 Å². The van der Waals surface area contributed by atoms with Crippen LogP contribution in [-0.4, -0.2) is 48.1 Å². The third-order valence-corrected chi connectivity index (χ3v) is 5.43. The predicted molar refractivity (Wildman–Crippen MR) is 72.2 cm³/mol. The van der Waals surface area contributed by atoms with E-state index >= 15 is 0 Å². The van der Waals surface area contributed by atoms with E-state index in [2.05, 4.69) is 16.7 Å². The maximum Gasteiger partial charge on any atom is 0.0224 e. The molecule has 0 N–H and O–H groups in total. The summed E-state index contributed by atoms with van der Waals surface area (Å²) in [5, 5.41) is 0. The summed E-state index contributed by atoms with van der Waals surface area (Å²) in [7, 11) is 0. The van der Waals surface area contributed by atoms with Crippen molar-refractivity contribution >= 4 is 0 Å². The number of rotatable bonds is 4. The predicted octanol–water partition coefficient (Wildman–Crippen LogP) is 2.74. The van der Waals surface area contributed by atoms with E-state index < -0.39 is 0 Å². The minimum atomic E-state index is 0.851. The van der Waals surface area contributed by atoms with Crippen LogP contribution in [-0.2, 0) is 0 Å². The van der Waals surface area contributed by atoms with E-state index in [4.69, 9.17) is 0 Å². The highest BCUT2D eigenvalue weighted by atomic mass is 15.3. The Morgan fingerprint density at radius 2 is 1.94 bits per heavy atom. The molecule has 1 saturated carbocycles. The molecule has 2 saturated heterocycles. The molecule has 98 valence electrons. The van der Waals surface area contributed by atoms with Crippen LogP contribution in [0.25, 0.3) is 0 Å². The summed E-state index contributed by atoms with van der Waals surface area (Å²) in [4.78, 5) is 5.58. The topological polar surface area (TPSA) is 6.48 Å². The Balaban J connectivity index is 1.53. The van der Waals surface area contributed by atoms with Crippen molar-refractivity contribution in [2.24, 2.45) is 5.92 Å². The summed E-state index contributed by atoms with van der Waals surface area (Å²) in [6, 6.07) is 1.75. The highest BCUT2D eigenvalue weighted by Crippen LogP contribution is 2.31. The van der Waals surface area contributed by atoms with Gasteiger partial charge in [-0.1, -0.05) is 26.2 Å². The molecule has 0 amide bonds. The Morgan fingerprint density at radius 3 is 2.65 bits per heavy atom. The molecular formula is C15H28N2. The zero-order valence-corrected chi connectivity index (χ0v) is 11.4. The lowest BCUT2D eigenvalue weighted by molar-refractivity contribution is 0.0423. The van der Waals surface area contributed by atoms with Crippen LogP contribution in [0.15, 0.2) is 0 Å². The van der Waals surface area contributed by atoms with Crippen LogP contribution in [0, 0.1) is 5.92 Å². The standard InChI is InChI=1S/C15H28N2/c1-2-14-11-16-9-4-7-15(16)12-17(14)10-8-13-5-3-6-13/h13-15H,2-12H2,1H3. The van der Waals surface area contributed by atoms with Crippen LogP contribution in [0.1, 0.15) is 51.9 Å². The average Bonchev–Trinajstić information content (AvgIpc) is 2.72. The molecule has 2 heteroatoms. The van der Waals surface area contributed by atoms with Gasteiger partial charge in [-0.2, -0.15) is 0 Å². The normalized spacial score (nSPS) is 35.8. The van der Waals surface area contributed by atoms with Crippen LogP contribution in [0.3, 0.4) is 0 Å². The first-order valence-electron chi connectivity index (χ1n) is 7.85. The van der Waals surface area contributed by atoms with Gasteiger partial charge in [0.25, 0.3) is 0 Å². The second-order valence-corrected chi connectivity index (χ2v) is 6.43. The van der Waals surface area contributed by atoms with Crippen molar-refractivity contribution in [1.29, 1.82) is 0 Å². The molecule has 3 aliphatic rings. The van der Waals surface area contributed by atoms with Gasteiger partial charge < -0.3 is 0 Å². The molecule has 2 unspecified atom stereocenters. The van der Waals surface area contributed by atoms with Gasteiger partial charge in [-0.15, -0.1) is 0 Å². The van der Waals surface area contributed by atoms with Gasteiger partial charge in [0.2, 0.25) is 0 Å². The van der Waals surface area contributed by atoms with E-state index in [-0.39, 0.29) is 0 Å². The minimum Gasteiger partial charge on any atom is -0.298 e. The van der Waals surface area contributed by atoms with Crippen molar-refractivity contribution in [2.75, 3.05) is 26.2 Å². The Labute approximate surface area is 106 Å². The number of hydrogen-bond acceptors (Lipinski definition) is 2. The van der Waals surface area contributed by atoms with Gasteiger partial charge in [0.1, 0.15) is 0 Å². The van der Waals surface area contributed by atoms with E-state index in [1.54, 1.807) is 0 Å². The number of fused-ring (bicyclic) bond motifs is 1. The van der Waals surface area contributed by atoms with E-state index in [0.717, 1.165) is 18.0 Å². The molecule has 2 heterocycles. The summed E-state index contributed by atoms with van der Waals surface area (Å²) in [5.74, 6) is 1.08. The van der Waals surface area contributed by atoms with Crippen molar-refractivity contribution in [3.8, 4) is 0 Å². The zero-order valence-electron chi connectivity index (χ0n) is 11.4. The molecule has 0 aromatic rings. The highest BCUT2D eigenvalue weighted by Gasteiger charge is 2.35. The molecular weight excluding hydrogens is 208 g/mol. The molecule has 2 aliphatic heterocycles. The van der Waals surface area contributed by atoms with Crippen molar-refractivity contribution in [3.05, 3.63) is 0 Å². The van der Waals surface area contributed by atoms with E-state index in [1.165, 1.54) is 71.1 Å². The van der Waals surface area contributed by atoms with Gasteiger partial charge in [-0.25, -0.2) is 0 Å². The summed E-state index contributed by atoms with van der Waals surface area (Å²) >= 11 is 0. The molecule has 0 spiro atoms. The first-order valence-corrected chi connectivity index (χ1v) is 7.85. The fraction of sp³-hybridized carbons (Fsp3) is 1.00. The molecule has 0 aromatic carbocycles. The summed E-state index contributed by atoms with van der Waals surface area (Å²) in [6.45, 7) is 7.85. The van der Waals surface area contributed by atoms with Crippen LogP contribution >= 0.6 is 0 Å². The molecule has 2 atom stereocenters. The number of hydrogen-bond donors (Lipinski definition) is 0. The number of nitrogens with zero attached hydrogens (tertiary/aromatic N) is 2. The minimum absolute atomic E-state index is 0.851. The van der Waals surface area contributed by atoms with Gasteiger partial charge in [0.15, 0.2) is 0 Å². The third kappa shape index (κ3) is 2.53. The van der Waals surface area contributed by atoms with Crippen molar-refractivity contribution in [1.82, 2.24) is 9.80 Å². The van der Waals surface area contributed by atoms with Crippen molar-refractivity contribution < 1.29 is 0 Å². The quantitative estimate of drug-likeness (QED) is 0.740. The molecule has 3 fully saturated rings. The summed E-state index contributed by atoms with van der Waals surface area (Å²) in [6.07, 6.45) is 10.2. The Morgan fingerprint density at radius 1 is 1.06 bits per heavy atom. The number of piperazine rings is 1. The Bertz CT molecular complexity index is 249. The lowest BCUT2D eigenvalue weighted by atomic mass is 9.83. The summed E-state index contributed by atoms with van der Waals surface area (Å²) < 4.78 is 0. The van der Waals surface area contributed by atoms with Crippen molar-refractivity contribution in [2.45, 2.75) is 64.0 Å². The van der Waals surface area contributed by atoms with Crippen LogP contribution in [0.2, 0.25) is 0 Å². The molecule has 0 aromatic heterocycles. The third-order valence-electron chi connectivity index (χ3n) is 5.43. The van der Waals surface area contributed by atoms with Gasteiger partial charge in [-0.3, -0.25) is 9.80 Å². The van der Waals surface area contributed by atoms with Crippen LogP contribution in [0.4, 0.5) is 0 Å². The lowest BCUT2D eigenvalue weighted by Gasteiger charge is -2.44. The van der Waals surface area contributed by atoms with Crippen LogP contribution < -0.4 is 0 Å². The first-order chi connectivity index (χ1) is 8.36. The second kappa shape index (κ2) is 5.27. The second-order valence-electron chi connectivity index (χ2n) is 6.43. The lowest BCUT2D eigenvalue weighted by Crippen LogP contribution is -2.56. The monoisotopic (exact) mass is 236 g/mol. The maximum absolute atomic E-state index is 2.82. The summed E-state index contributed by atoms with van der Waals surface area (Å²) in [5.41, 5.74) is 0. The maximum atomic E-state index is 2.82. The fourth-order valence-corrected chi connectivity index (χ4v) is 3.94. The van der Waals surface area contributed by atoms with E-state index in [9.17, 15) is 0 Å². The highest BCUT2D eigenvalue weighted by molar-refractivity contribution is 4.92. The van der Waals surface area contributed by atoms with Gasteiger partial charge in [-0.05, 0) is 44.7 Å². The van der Waals surface area contributed by atoms with Gasteiger partial charge in [0, 0.05) is 25.2 Å².